The Balaban J connectivity index is 1.39. The number of carbonyl (C=O) groups is 2. The van der Waals surface area contributed by atoms with E-state index in [1.54, 1.807) is 11.8 Å². The summed E-state index contributed by atoms with van der Waals surface area (Å²) in [6.45, 7) is 0.224. The third-order valence-electron chi connectivity index (χ3n) is 7.21. The minimum atomic E-state index is -0.535. The minimum Gasteiger partial charge on any atom is -0.460 e. The Bertz CT molecular complexity index is 951. The van der Waals surface area contributed by atoms with E-state index in [-0.39, 0.29) is 35.2 Å². The molecule has 1 aromatic carbocycles. The van der Waals surface area contributed by atoms with Crippen LogP contribution in [0.4, 0.5) is 0 Å². The van der Waals surface area contributed by atoms with Gasteiger partial charge in [0.15, 0.2) is 0 Å². The highest BCUT2D eigenvalue weighted by atomic mass is 32.2. The molecule has 1 aromatic rings. The van der Waals surface area contributed by atoms with E-state index in [2.05, 4.69) is 22.5 Å². The van der Waals surface area contributed by atoms with E-state index in [4.69, 9.17) is 4.74 Å². The number of nitrogens with zero attached hydrogens (tertiary/aromatic N) is 1. The highest BCUT2D eigenvalue weighted by molar-refractivity contribution is 8.03. The molecule has 4 unspecified atom stereocenters. The summed E-state index contributed by atoms with van der Waals surface area (Å²) < 4.78 is 5.42. The average Bonchev–Trinajstić information content (AvgIpc) is 3.18. The van der Waals surface area contributed by atoms with Crippen molar-refractivity contribution in [1.29, 1.82) is 0 Å². The quantitative estimate of drug-likeness (QED) is 0.527. The molecule has 0 aromatic heterocycles. The van der Waals surface area contributed by atoms with Gasteiger partial charge in [-0.05, 0) is 24.8 Å². The van der Waals surface area contributed by atoms with Gasteiger partial charge in [0.25, 0.3) is 0 Å². The molecule has 2 aliphatic carbocycles. The van der Waals surface area contributed by atoms with Gasteiger partial charge in [-0.25, -0.2) is 0 Å². The van der Waals surface area contributed by atoms with Gasteiger partial charge in [-0.3, -0.25) is 14.6 Å². The van der Waals surface area contributed by atoms with E-state index in [1.807, 2.05) is 42.6 Å². The summed E-state index contributed by atoms with van der Waals surface area (Å²) in [5, 5.41) is 2.76. The maximum absolute atomic E-state index is 13.6. The van der Waals surface area contributed by atoms with Crippen LogP contribution in [0, 0.1) is 11.8 Å². The summed E-state index contributed by atoms with van der Waals surface area (Å²) in [6, 6.07) is 9.91. The van der Waals surface area contributed by atoms with Crippen molar-refractivity contribution in [3.8, 4) is 0 Å². The lowest BCUT2D eigenvalue weighted by molar-refractivity contribution is -0.147. The third kappa shape index (κ3) is 4.05. The second-order valence-electron chi connectivity index (χ2n) is 9.21. The van der Waals surface area contributed by atoms with Crippen LogP contribution in [0.15, 0.2) is 59.8 Å². The van der Waals surface area contributed by atoms with Gasteiger partial charge in [0.2, 0.25) is 5.91 Å². The fraction of sp³-hybridized carbons (Fsp3) is 0.500. The number of aliphatic imine (C=N–C) groups is 1. The van der Waals surface area contributed by atoms with Crippen LogP contribution >= 0.6 is 11.8 Å². The SMILES string of the molecule is O=C(OCc1ccccc1)C1SC23CC=CCC2=NC=CC3C1C(=O)NC1CCCCC1. The van der Waals surface area contributed by atoms with Crippen molar-refractivity contribution in [3.63, 3.8) is 0 Å². The normalized spacial score (nSPS) is 31.4. The Morgan fingerprint density at radius 2 is 1.94 bits per heavy atom. The van der Waals surface area contributed by atoms with Crippen LogP contribution in [-0.4, -0.2) is 33.6 Å². The highest BCUT2D eigenvalue weighted by Crippen LogP contribution is 2.57. The van der Waals surface area contributed by atoms with Gasteiger partial charge in [0.1, 0.15) is 11.9 Å². The summed E-state index contributed by atoms with van der Waals surface area (Å²) in [4.78, 5) is 31.6. The summed E-state index contributed by atoms with van der Waals surface area (Å²) in [6.07, 6.45) is 15.3. The number of hydrogen-bond donors (Lipinski definition) is 1. The standard InChI is InChI=1S/C26H30N2O3S/c29-24(28-19-11-5-2-6-12-19)22-20-14-16-27-21-13-7-8-15-26(20,21)32-23(22)25(30)31-17-18-9-3-1-4-10-18/h1,3-4,7-10,14,16,19-20,22-23H,2,5-6,11-13,15,17H2,(H,28,29). The molecule has 6 heteroatoms. The lowest BCUT2D eigenvalue weighted by Crippen LogP contribution is -2.49. The third-order valence-corrected chi connectivity index (χ3v) is 9.05. The van der Waals surface area contributed by atoms with Crippen molar-refractivity contribution in [2.75, 3.05) is 0 Å². The second-order valence-corrected chi connectivity index (χ2v) is 10.7. The van der Waals surface area contributed by atoms with Crippen molar-refractivity contribution < 1.29 is 14.3 Å². The number of carbonyl (C=O) groups excluding carboxylic acids is 2. The molecule has 4 atom stereocenters. The molecule has 1 spiro atoms. The van der Waals surface area contributed by atoms with Crippen LogP contribution in [0.1, 0.15) is 50.5 Å². The predicted molar refractivity (Wildman–Crippen MR) is 127 cm³/mol. The lowest BCUT2D eigenvalue weighted by Gasteiger charge is -2.38. The molecule has 168 valence electrons. The zero-order chi connectivity index (χ0) is 22.0. The van der Waals surface area contributed by atoms with Crippen LogP contribution in [0.2, 0.25) is 0 Å². The van der Waals surface area contributed by atoms with Gasteiger partial charge in [-0.1, -0.05) is 67.8 Å². The second kappa shape index (κ2) is 9.26. The molecule has 5 nitrogen and oxygen atoms in total. The summed E-state index contributed by atoms with van der Waals surface area (Å²) >= 11 is 1.60. The number of nitrogens with one attached hydrogen (secondary N) is 1. The predicted octanol–water partition coefficient (Wildman–Crippen LogP) is 4.58. The first-order valence-corrected chi connectivity index (χ1v) is 12.6. The Kier molecular flexibility index (Phi) is 6.22. The Hall–Kier alpha value is -2.34. The van der Waals surface area contributed by atoms with Crippen molar-refractivity contribution in [1.82, 2.24) is 5.32 Å². The number of thioether (sulfide) groups is 1. The molecule has 5 rings (SSSR count). The van der Waals surface area contributed by atoms with E-state index in [9.17, 15) is 9.59 Å². The van der Waals surface area contributed by atoms with Gasteiger partial charge in [-0.2, -0.15) is 0 Å². The number of amides is 1. The number of esters is 1. The Morgan fingerprint density at radius 1 is 1.12 bits per heavy atom. The molecule has 1 saturated heterocycles. The number of allylic oxidation sites excluding steroid dienone is 3. The first-order valence-electron chi connectivity index (χ1n) is 11.7. The van der Waals surface area contributed by atoms with Crippen LogP contribution in [0.25, 0.3) is 0 Å². The molecular weight excluding hydrogens is 420 g/mol. The molecule has 2 fully saturated rings. The number of ether oxygens (including phenoxy) is 1. The van der Waals surface area contributed by atoms with E-state index in [0.717, 1.165) is 49.8 Å². The van der Waals surface area contributed by atoms with Crippen LogP contribution < -0.4 is 5.32 Å². The highest BCUT2D eigenvalue weighted by Gasteiger charge is 2.61. The number of benzene rings is 1. The fourth-order valence-corrected chi connectivity index (χ4v) is 7.46. The zero-order valence-electron chi connectivity index (χ0n) is 18.2. The fourth-order valence-electron chi connectivity index (χ4n) is 5.56. The monoisotopic (exact) mass is 450 g/mol. The smallest absolute Gasteiger partial charge is 0.320 e. The van der Waals surface area contributed by atoms with Crippen molar-refractivity contribution in [2.24, 2.45) is 16.8 Å². The minimum absolute atomic E-state index is 0.00612. The Labute approximate surface area is 193 Å². The average molecular weight is 451 g/mol. The Morgan fingerprint density at radius 3 is 2.75 bits per heavy atom. The maximum Gasteiger partial charge on any atom is 0.320 e. The van der Waals surface area contributed by atoms with Crippen LogP contribution in [-0.2, 0) is 20.9 Å². The molecule has 1 saturated carbocycles. The molecule has 1 amide bonds. The van der Waals surface area contributed by atoms with Gasteiger partial charge in [0, 0.05) is 30.3 Å². The van der Waals surface area contributed by atoms with Gasteiger partial charge < -0.3 is 10.1 Å². The molecular formula is C26H30N2O3S. The number of hydrogen-bond acceptors (Lipinski definition) is 5. The topological polar surface area (TPSA) is 67.8 Å². The molecule has 1 N–H and O–H groups in total. The first-order chi connectivity index (χ1) is 15.7. The van der Waals surface area contributed by atoms with Crippen molar-refractivity contribution in [3.05, 3.63) is 60.3 Å². The molecule has 0 radical (unpaired) electrons. The molecule has 2 heterocycles. The molecule has 32 heavy (non-hydrogen) atoms. The van der Waals surface area contributed by atoms with Gasteiger partial charge in [-0.15, -0.1) is 11.8 Å². The lowest BCUT2D eigenvalue weighted by atomic mass is 9.72. The van der Waals surface area contributed by atoms with Crippen LogP contribution in [0.3, 0.4) is 0 Å². The summed E-state index contributed by atoms with van der Waals surface area (Å²) in [5.74, 6) is -0.802. The van der Waals surface area contributed by atoms with Crippen molar-refractivity contribution >= 4 is 29.4 Å². The van der Waals surface area contributed by atoms with E-state index >= 15 is 0 Å². The molecule has 4 aliphatic rings. The van der Waals surface area contributed by atoms with E-state index in [0.29, 0.717) is 0 Å². The van der Waals surface area contributed by atoms with Crippen molar-refractivity contribution in [2.45, 2.75) is 67.6 Å². The maximum atomic E-state index is 13.6. The first kappa shape index (κ1) is 21.5. The molecule has 2 aliphatic heterocycles. The number of rotatable bonds is 5. The largest absolute Gasteiger partial charge is 0.460 e. The van der Waals surface area contributed by atoms with E-state index in [1.165, 1.54) is 6.42 Å². The molecule has 0 bridgehead atoms. The van der Waals surface area contributed by atoms with Gasteiger partial charge >= 0.3 is 5.97 Å². The van der Waals surface area contributed by atoms with Crippen LogP contribution in [0.5, 0.6) is 0 Å². The van der Waals surface area contributed by atoms with E-state index < -0.39 is 11.2 Å². The zero-order valence-corrected chi connectivity index (χ0v) is 19.1. The summed E-state index contributed by atoms with van der Waals surface area (Å²) in [5.41, 5.74) is 2.02. The van der Waals surface area contributed by atoms with Gasteiger partial charge in [0.05, 0.1) is 10.7 Å². The summed E-state index contributed by atoms with van der Waals surface area (Å²) in [7, 11) is 0.